The highest BCUT2D eigenvalue weighted by atomic mass is 32.2. The summed E-state index contributed by atoms with van der Waals surface area (Å²) < 4.78 is 28.8. The molecule has 0 bridgehead atoms. The van der Waals surface area contributed by atoms with Crippen molar-refractivity contribution >= 4 is 21.2 Å². The van der Waals surface area contributed by atoms with E-state index in [1.807, 2.05) is 31.5 Å². The fourth-order valence-corrected chi connectivity index (χ4v) is 5.02. The Bertz CT molecular complexity index is 719. The molecule has 114 valence electrons. The van der Waals surface area contributed by atoms with Gasteiger partial charge in [0.2, 0.25) is 5.89 Å². The first-order valence-electron chi connectivity index (χ1n) is 6.85. The van der Waals surface area contributed by atoms with Gasteiger partial charge < -0.3 is 4.42 Å². The summed E-state index contributed by atoms with van der Waals surface area (Å²) in [5, 5.41) is 1.99. The summed E-state index contributed by atoms with van der Waals surface area (Å²) in [7, 11) is -0.908. The Kier molecular flexibility index (Phi) is 3.90. The lowest BCUT2D eigenvalue weighted by molar-refractivity contribution is 0.250. The predicted molar refractivity (Wildman–Crippen MR) is 83.1 cm³/mol. The fraction of sp³-hybridized carbons (Fsp3) is 0.500. The van der Waals surface area contributed by atoms with Crippen LogP contribution >= 0.6 is 11.3 Å². The van der Waals surface area contributed by atoms with E-state index in [0.29, 0.717) is 24.6 Å². The molecule has 0 amide bonds. The summed E-state index contributed by atoms with van der Waals surface area (Å²) in [5.74, 6) is 1.98. The monoisotopic (exact) mass is 326 g/mol. The van der Waals surface area contributed by atoms with Crippen molar-refractivity contribution in [3.05, 3.63) is 29.0 Å². The van der Waals surface area contributed by atoms with Crippen molar-refractivity contribution in [2.75, 3.05) is 18.6 Å². The minimum atomic E-state index is -2.86. The molecular weight excluding hydrogens is 308 g/mol. The maximum absolute atomic E-state index is 11.6. The van der Waals surface area contributed by atoms with E-state index in [4.69, 9.17) is 4.42 Å². The molecule has 3 heterocycles. The van der Waals surface area contributed by atoms with E-state index in [2.05, 4.69) is 9.88 Å². The molecule has 1 unspecified atom stereocenters. The van der Waals surface area contributed by atoms with Crippen LogP contribution in [0.1, 0.15) is 17.9 Å². The van der Waals surface area contributed by atoms with Crippen molar-refractivity contribution in [3.63, 3.8) is 0 Å². The molecule has 0 aliphatic carbocycles. The van der Waals surface area contributed by atoms with E-state index in [1.165, 1.54) is 0 Å². The fourth-order valence-electron chi connectivity index (χ4n) is 2.57. The van der Waals surface area contributed by atoms with Gasteiger partial charge in [-0.1, -0.05) is 6.07 Å². The Morgan fingerprint density at radius 2 is 2.33 bits per heavy atom. The van der Waals surface area contributed by atoms with Crippen molar-refractivity contribution < 1.29 is 12.8 Å². The molecule has 0 N–H and O–H groups in total. The molecule has 1 atom stereocenters. The van der Waals surface area contributed by atoms with Crippen LogP contribution < -0.4 is 0 Å². The number of hydrogen-bond donors (Lipinski definition) is 0. The van der Waals surface area contributed by atoms with Crippen molar-refractivity contribution in [1.82, 2.24) is 9.88 Å². The van der Waals surface area contributed by atoms with Gasteiger partial charge in [-0.05, 0) is 31.8 Å². The van der Waals surface area contributed by atoms with Crippen molar-refractivity contribution in [1.29, 1.82) is 0 Å². The number of nitrogens with zero attached hydrogens (tertiary/aromatic N) is 2. The van der Waals surface area contributed by atoms with Gasteiger partial charge >= 0.3 is 0 Å². The standard InChI is InChI=1S/C14H18N2O3S2/c1-10-12(15-14(19-10)13-4-3-6-20-13)8-16(2)11-5-7-21(17,18)9-11/h3-4,6,11H,5,7-9H2,1-2H3. The Balaban J connectivity index is 1.73. The Hall–Kier alpha value is -1.18. The lowest BCUT2D eigenvalue weighted by Gasteiger charge is -2.21. The topological polar surface area (TPSA) is 63.4 Å². The third kappa shape index (κ3) is 3.20. The highest BCUT2D eigenvalue weighted by molar-refractivity contribution is 7.91. The van der Waals surface area contributed by atoms with E-state index in [-0.39, 0.29) is 11.8 Å². The summed E-state index contributed by atoms with van der Waals surface area (Å²) in [6.07, 6.45) is 0.702. The van der Waals surface area contributed by atoms with Gasteiger partial charge in [-0.2, -0.15) is 0 Å². The summed E-state index contributed by atoms with van der Waals surface area (Å²) >= 11 is 1.59. The number of aromatic nitrogens is 1. The van der Waals surface area contributed by atoms with Gasteiger partial charge in [-0.3, -0.25) is 4.90 Å². The molecule has 5 nitrogen and oxygen atoms in total. The number of oxazole rings is 1. The maximum Gasteiger partial charge on any atom is 0.236 e. The quantitative estimate of drug-likeness (QED) is 0.863. The highest BCUT2D eigenvalue weighted by Crippen LogP contribution is 2.27. The zero-order valence-corrected chi connectivity index (χ0v) is 13.7. The van der Waals surface area contributed by atoms with Crippen LogP contribution in [0.4, 0.5) is 0 Å². The molecule has 21 heavy (non-hydrogen) atoms. The molecule has 0 saturated carbocycles. The number of thiophene rings is 1. The van der Waals surface area contributed by atoms with Crippen LogP contribution in [-0.2, 0) is 16.4 Å². The molecule has 2 aromatic rings. The minimum Gasteiger partial charge on any atom is -0.440 e. The van der Waals surface area contributed by atoms with Crippen molar-refractivity contribution in [2.45, 2.75) is 25.9 Å². The van der Waals surface area contributed by atoms with Gasteiger partial charge in [-0.15, -0.1) is 11.3 Å². The molecule has 1 aliphatic heterocycles. The van der Waals surface area contributed by atoms with Crippen molar-refractivity contribution in [2.24, 2.45) is 0 Å². The van der Waals surface area contributed by atoms with Gasteiger partial charge in [-0.25, -0.2) is 13.4 Å². The molecule has 1 saturated heterocycles. The largest absolute Gasteiger partial charge is 0.440 e. The third-order valence-corrected chi connectivity index (χ3v) is 6.46. The lowest BCUT2D eigenvalue weighted by Crippen LogP contribution is -2.32. The molecular formula is C14H18N2O3S2. The molecule has 0 aromatic carbocycles. The van der Waals surface area contributed by atoms with E-state index < -0.39 is 9.84 Å². The Morgan fingerprint density at radius 3 is 2.95 bits per heavy atom. The number of sulfone groups is 1. The van der Waals surface area contributed by atoms with Crippen molar-refractivity contribution in [3.8, 4) is 10.8 Å². The second-order valence-corrected chi connectivity index (χ2v) is 8.65. The summed E-state index contributed by atoms with van der Waals surface area (Å²) in [6.45, 7) is 2.51. The van der Waals surface area contributed by atoms with Crippen LogP contribution in [0.5, 0.6) is 0 Å². The van der Waals surface area contributed by atoms with Crippen LogP contribution in [0.2, 0.25) is 0 Å². The van der Waals surface area contributed by atoms with Gasteiger partial charge in [0.15, 0.2) is 9.84 Å². The zero-order valence-electron chi connectivity index (χ0n) is 12.1. The van der Waals surface area contributed by atoms with Crippen LogP contribution in [0, 0.1) is 6.92 Å². The van der Waals surface area contributed by atoms with Crippen LogP contribution in [0.25, 0.3) is 10.8 Å². The normalized spacial score (nSPS) is 21.2. The molecule has 2 aromatic heterocycles. The summed E-state index contributed by atoms with van der Waals surface area (Å²) in [4.78, 5) is 7.63. The average molecular weight is 326 g/mol. The van der Waals surface area contributed by atoms with Gasteiger partial charge in [0.1, 0.15) is 5.76 Å². The van der Waals surface area contributed by atoms with E-state index in [9.17, 15) is 8.42 Å². The predicted octanol–water partition coefficient (Wildman–Crippen LogP) is 2.33. The van der Waals surface area contributed by atoms with Gasteiger partial charge in [0.25, 0.3) is 0 Å². The Labute approximate surface area is 128 Å². The molecule has 0 spiro atoms. The molecule has 1 fully saturated rings. The second-order valence-electron chi connectivity index (χ2n) is 5.47. The first-order valence-corrected chi connectivity index (χ1v) is 9.55. The molecule has 0 radical (unpaired) electrons. The SMILES string of the molecule is Cc1oc(-c2cccs2)nc1CN(C)C1CCS(=O)(=O)C1. The maximum atomic E-state index is 11.6. The smallest absolute Gasteiger partial charge is 0.236 e. The number of hydrogen-bond acceptors (Lipinski definition) is 6. The summed E-state index contributed by atoms with van der Waals surface area (Å²) in [6, 6.07) is 4.03. The molecule has 3 rings (SSSR count). The van der Waals surface area contributed by atoms with E-state index in [0.717, 1.165) is 16.3 Å². The summed E-state index contributed by atoms with van der Waals surface area (Å²) in [5.41, 5.74) is 0.880. The van der Waals surface area contributed by atoms with Gasteiger partial charge in [0.05, 0.1) is 22.1 Å². The number of aryl methyl sites for hydroxylation is 1. The molecule has 1 aliphatic rings. The van der Waals surface area contributed by atoms with E-state index >= 15 is 0 Å². The first kappa shape index (κ1) is 14.7. The third-order valence-electron chi connectivity index (χ3n) is 3.86. The van der Waals surface area contributed by atoms with Crippen LogP contribution in [-0.4, -0.2) is 42.9 Å². The second kappa shape index (κ2) is 5.55. The zero-order chi connectivity index (χ0) is 15.0. The highest BCUT2D eigenvalue weighted by Gasteiger charge is 2.31. The average Bonchev–Trinajstić information content (AvgIpc) is 3.10. The molecule has 7 heteroatoms. The first-order chi connectivity index (χ1) is 9.94. The Morgan fingerprint density at radius 1 is 1.52 bits per heavy atom. The lowest BCUT2D eigenvalue weighted by atomic mass is 10.2. The van der Waals surface area contributed by atoms with Gasteiger partial charge in [0, 0.05) is 12.6 Å². The van der Waals surface area contributed by atoms with Crippen LogP contribution in [0.3, 0.4) is 0 Å². The van der Waals surface area contributed by atoms with Crippen LogP contribution in [0.15, 0.2) is 21.9 Å². The number of rotatable bonds is 4. The van der Waals surface area contributed by atoms with E-state index in [1.54, 1.807) is 11.3 Å². The minimum absolute atomic E-state index is 0.0799.